The fourth-order valence-corrected chi connectivity index (χ4v) is 3.60. The number of rotatable bonds is 3. The average molecular weight is 311 g/mol. The van der Waals surface area contributed by atoms with Crippen LogP contribution in [-0.4, -0.2) is 34.3 Å². The second kappa shape index (κ2) is 5.14. The Kier molecular flexibility index (Phi) is 3.58. The molecule has 1 aromatic rings. The molecule has 0 radical (unpaired) electrons. The molecule has 21 heavy (non-hydrogen) atoms. The van der Waals surface area contributed by atoms with Crippen molar-refractivity contribution in [3.05, 3.63) is 23.0 Å². The van der Waals surface area contributed by atoms with Crippen molar-refractivity contribution < 1.29 is 14.6 Å². The molecule has 5 nitrogen and oxygen atoms in total. The lowest BCUT2D eigenvalue weighted by molar-refractivity contribution is -0.0580. The van der Waals surface area contributed by atoms with E-state index in [1.165, 1.54) is 13.3 Å². The number of esters is 1. The quantitative estimate of drug-likeness (QED) is 0.663. The minimum atomic E-state index is -0.482. The fourth-order valence-electron chi connectivity index (χ4n) is 3.44. The van der Waals surface area contributed by atoms with Gasteiger partial charge in [0.2, 0.25) is 0 Å². The molecule has 3 fully saturated rings. The predicted molar refractivity (Wildman–Crippen MR) is 79.6 cm³/mol. The Bertz CT molecular complexity index is 552. The van der Waals surface area contributed by atoms with Crippen LogP contribution < -0.4 is 5.32 Å². The van der Waals surface area contributed by atoms with Gasteiger partial charge in [0, 0.05) is 11.7 Å². The first-order valence-corrected chi connectivity index (χ1v) is 7.58. The Balaban J connectivity index is 1.88. The smallest absolute Gasteiger partial charge is 0.341 e. The van der Waals surface area contributed by atoms with Crippen molar-refractivity contribution in [2.75, 3.05) is 12.4 Å². The van der Waals surface area contributed by atoms with Crippen LogP contribution in [0, 0.1) is 0 Å². The highest BCUT2D eigenvalue weighted by atomic mass is 35.5. The molecule has 3 aliphatic rings. The number of hydrogen-bond donors (Lipinski definition) is 2. The summed E-state index contributed by atoms with van der Waals surface area (Å²) in [5.74, 6) is -0.429. The molecule has 0 aliphatic heterocycles. The van der Waals surface area contributed by atoms with Gasteiger partial charge in [0.1, 0.15) is 10.7 Å². The van der Waals surface area contributed by atoms with Crippen LogP contribution in [-0.2, 0) is 4.74 Å². The van der Waals surface area contributed by atoms with Crippen LogP contribution in [0.15, 0.2) is 12.3 Å². The molecular weight excluding hydrogens is 292 g/mol. The van der Waals surface area contributed by atoms with Gasteiger partial charge in [0.05, 0.1) is 18.4 Å². The van der Waals surface area contributed by atoms with Gasteiger partial charge in [-0.2, -0.15) is 0 Å². The summed E-state index contributed by atoms with van der Waals surface area (Å²) >= 11 is 5.96. The average Bonchev–Trinajstić information content (AvgIpc) is 2.48. The molecule has 0 saturated heterocycles. The molecule has 0 unspecified atom stereocenters. The molecule has 6 heteroatoms. The first-order valence-electron chi connectivity index (χ1n) is 7.20. The highest BCUT2D eigenvalue weighted by Crippen LogP contribution is 2.48. The first-order chi connectivity index (χ1) is 9.95. The van der Waals surface area contributed by atoms with E-state index >= 15 is 0 Å². The third-order valence-corrected chi connectivity index (χ3v) is 5.09. The van der Waals surface area contributed by atoms with Gasteiger partial charge in [-0.3, -0.25) is 0 Å². The minimum absolute atomic E-state index is 0.0715. The predicted octanol–water partition coefficient (Wildman–Crippen LogP) is 2.77. The summed E-state index contributed by atoms with van der Waals surface area (Å²) in [6.45, 7) is 0. The van der Waals surface area contributed by atoms with E-state index in [-0.39, 0.29) is 5.54 Å². The van der Waals surface area contributed by atoms with E-state index < -0.39 is 11.6 Å². The molecule has 3 saturated carbocycles. The Morgan fingerprint density at radius 1 is 1.33 bits per heavy atom. The number of carbonyl (C=O) groups is 1. The van der Waals surface area contributed by atoms with Crippen LogP contribution in [0.3, 0.4) is 0 Å². The second-order valence-corrected chi connectivity index (χ2v) is 6.56. The number of carbonyl (C=O) groups excluding carboxylic acids is 1. The van der Waals surface area contributed by atoms with E-state index in [1.54, 1.807) is 6.07 Å². The number of nitrogens with zero attached hydrogens (tertiary/aromatic N) is 1. The van der Waals surface area contributed by atoms with Gasteiger partial charge in [0.15, 0.2) is 0 Å². The molecule has 0 amide bonds. The zero-order valence-electron chi connectivity index (χ0n) is 12.0. The van der Waals surface area contributed by atoms with Crippen LogP contribution in [0.25, 0.3) is 0 Å². The van der Waals surface area contributed by atoms with Crippen LogP contribution >= 0.6 is 11.6 Å². The number of methoxy groups -OCH3 is 1. The van der Waals surface area contributed by atoms with Gasteiger partial charge < -0.3 is 15.2 Å². The third kappa shape index (κ3) is 2.72. The summed E-state index contributed by atoms with van der Waals surface area (Å²) in [7, 11) is 1.35. The molecule has 2 bridgehead atoms. The topological polar surface area (TPSA) is 71.5 Å². The molecule has 0 spiro atoms. The molecule has 1 aromatic heterocycles. The summed E-state index contributed by atoms with van der Waals surface area (Å²) < 4.78 is 4.80. The molecule has 1 heterocycles. The molecule has 4 rings (SSSR count). The summed E-state index contributed by atoms with van der Waals surface area (Å²) in [6, 6.07) is 1.66. The lowest BCUT2D eigenvalue weighted by Gasteiger charge is -2.51. The number of pyridine rings is 1. The Morgan fingerprint density at radius 2 is 1.95 bits per heavy atom. The van der Waals surface area contributed by atoms with E-state index in [2.05, 4.69) is 10.3 Å². The zero-order valence-corrected chi connectivity index (χ0v) is 12.7. The summed E-state index contributed by atoms with van der Waals surface area (Å²) in [4.78, 5) is 15.8. The SMILES string of the molecule is COC(=O)c1cnc(Cl)cc1NC12CCC(O)(CC1)CC2. The number of hydrogen-bond acceptors (Lipinski definition) is 5. The highest BCUT2D eigenvalue weighted by molar-refractivity contribution is 6.29. The van der Waals surface area contributed by atoms with E-state index in [0.717, 1.165) is 38.5 Å². The van der Waals surface area contributed by atoms with Crippen LogP contribution in [0.5, 0.6) is 0 Å². The van der Waals surface area contributed by atoms with Crippen molar-refractivity contribution in [2.24, 2.45) is 0 Å². The fraction of sp³-hybridized carbons (Fsp3) is 0.600. The Morgan fingerprint density at radius 3 is 2.52 bits per heavy atom. The lowest BCUT2D eigenvalue weighted by atomic mass is 9.63. The maximum atomic E-state index is 11.9. The third-order valence-electron chi connectivity index (χ3n) is 4.88. The number of nitrogens with one attached hydrogen (secondary N) is 1. The van der Waals surface area contributed by atoms with Gasteiger partial charge in [-0.1, -0.05) is 11.6 Å². The highest BCUT2D eigenvalue weighted by Gasteiger charge is 2.47. The molecule has 114 valence electrons. The zero-order chi connectivity index (χ0) is 15.1. The van der Waals surface area contributed by atoms with E-state index in [9.17, 15) is 9.90 Å². The van der Waals surface area contributed by atoms with Crippen molar-refractivity contribution in [3.63, 3.8) is 0 Å². The Hall–Kier alpha value is -1.33. The number of anilines is 1. The van der Waals surface area contributed by atoms with E-state index in [0.29, 0.717) is 16.4 Å². The maximum Gasteiger partial charge on any atom is 0.341 e. The Labute approximate surface area is 128 Å². The monoisotopic (exact) mass is 310 g/mol. The lowest BCUT2D eigenvalue weighted by Crippen LogP contribution is -2.53. The summed E-state index contributed by atoms with van der Waals surface area (Å²) in [5, 5.41) is 14.1. The van der Waals surface area contributed by atoms with Gasteiger partial charge in [0.25, 0.3) is 0 Å². The molecular formula is C15H19ClN2O3. The number of ether oxygens (including phenoxy) is 1. The minimum Gasteiger partial charge on any atom is -0.465 e. The standard InChI is InChI=1S/C15H19ClN2O3/c1-21-13(19)10-9-17-12(16)8-11(10)18-14-2-5-15(20,6-3-14)7-4-14/h8-9,20H,2-7H2,1H3,(H,17,18). The van der Waals surface area contributed by atoms with E-state index in [1.807, 2.05) is 0 Å². The van der Waals surface area contributed by atoms with Crippen molar-refractivity contribution in [2.45, 2.75) is 49.7 Å². The molecule has 3 aliphatic carbocycles. The number of fused-ring (bicyclic) bond motifs is 3. The van der Waals surface area contributed by atoms with Gasteiger partial charge in [-0.25, -0.2) is 9.78 Å². The first kappa shape index (κ1) is 14.6. The number of aromatic nitrogens is 1. The second-order valence-electron chi connectivity index (χ2n) is 6.17. The van der Waals surface area contributed by atoms with Crippen molar-refractivity contribution in [1.82, 2.24) is 4.98 Å². The van der Waals surface area contributed by atoms with Gasteiger partial charge >= 0.3 is 5.97 Å². The number of aliphatic hydroxyl groups is 1. The van der Waals surface area contributed by atoms with Crippen molar-refractivity contribution in [3.8, 4) is 0 Å². The van der Waals surface area contributed by atoms with Crippen LogP contribution in [0.2, 0.25) is 5.15 Å². The molecule has 0 aromatic carbocycles. The summed E-state index contributed by atoms with van der Waals surface area (Å²) in [6.07, 6.45) is 6.51. The molecule has 0 atom stereocenters. The van der Waals surface area contributed by atoms with Gasteiger partial charge in [-0.15, -0.1) is 0 Å². The normalized spacial score (nSPS) is 31.0. The van der Waals surface area contributed by atoms with E-state index in [4.69, 9.17) is 16.3 Å². The number of halogens is 1. The maximum absolute atomic E-state index is 11.9. The summed E-state index contributed by atoms with van der Waals surface area (Å²) in [5.41, 5.74) is 0.500. The largest absolute Gasteiger partial charge is 0.465 e. The van der Waals surface area contributed by atoms with Crippen molar-refractivity contribution in [1.29, 1.82) is 0 Å². The van der Waals surface area contributed by atoms with Crippen LogP contribution in [0.1, 0.15) is 48.9 Å². The molecule has 2 N–H and O–H groups in total. The van der Waals surface area contributed by atoms with Crippen LogP contribution in [0.4, 0.5) is 5.69 Å². The van der Waals surface area contributed by atoms with Crippen molar-refractivity contribution >= 4 is 23.3 Å². The van der Waals surface area contributed by atoms with Gasteiger partial charge in [-0.05, 0) is 44.6 Å².